The molecule has 0 nitrogen and oxygen atoms in total. The molecule has 0 aromatic carbocycles. The van der Waals surface area contributed by atoms with Crippen LogP contribution >= 0.6 is 26.8 Å². The van der Waals surface area contributed by atoms with Gasteiger partial charge >= 0.3 is 35.3 Å². The summed E-state index contributed by atoms with van der Waals surface area (Å²) >= 11 is -0.472. The van der Waals surface area contributed by atoms with Gasteiger partial charge in [-0.15, -0.1) is 21.1 Å². The molecule has 0 saturated carbocycles. The Balaban J connectivity index is -0.000000137. The molecule has 0 aromatic rings. The van der Waals surface area contributed by atoms with Gasteiger partial charge in [0.05, 0.1) is 0 Å². The number of hydrogen-bond acceptors (Lipinski definition) is 0. The Kier molecular flexibility index (Phi) is 36.3. The van der Waals surface area contributed by atoms with Crippen LogP contribution in [0.3, 0.4) is 0 Å². The topological polar surface area (TPSA) is 0 Å². The molecule has 0 spiro atoms. The fraction of sp³-hybridized carbons (Fsp3) is 0.750. The third kappa shape index (κ3) is 22.5. The van der Waals surface area contributed by atoms with Crippen molar-refractivity contribution >= 4 is 26.8 Å². The quantitative estimate of drug-likeness (QED) is 0.466. The monoisotopic (exact) mass is 411 g/mol. The first-order valence-electron chi connectivity index (χ1n) is 3.81. The van der Waals surface area contributed by atoms with Gasteiger partial charge in [0.25, 0.3) is 0 Å². The molecule has 80 valence electrons. The molecule has 0 fully saturated rings. The summed E-state index contributed by atoms with van der Waals surface area (Å²) in [6.07, 6.45) is 4.26. The molecule has 4 heteroatoms. The first kappa shape index (κ1) is 19.1. The zero-order chi connectivity index (χ0) is 10.4. The van der Waals surface area contributed by atoms with E-state index in [0.717, 1.165) is 0 Å². The summed E-state index contributed by atoms with van der Waals surface area (Å²) in [6, 6.07) is 0. The van der Waals surface area contributed by atoms with Gasteiger partial charge in [0.15, 0.2) is 0 Å². The minimum absolute atomic E-state index is 0.446. The standard InChI is InChI=1S/C6H15P.C2H4.2ClH.Pt/c1-4-7(5-2)6-3;1-2;;;/h4-6H2,1-3H3;1-2H2;2*1H;/q;;;;+2/p-2. The van der Waals surface area contributed by atoms with Crippen LogP contribution in [0.4, 0.5) is 0 Å². The van der Waals surface area contributed by atoms with Gasteiger partial charge in [-0.25, -0.2) is 0 Å². The van der Waals surface area contributed by atoms with Gasteiger partial charge in [0.1, 0.15) is 0 Å². The maximum atomic E-state index is 4.88. The van der Waals surface area contributed by atoms with Crippen LogP contribution in [-0.4, -0.2) is 18.5 Å². The van der Waals surface area contributed by atoms with Crippen molar-refractivity contribution in [3.63, 3.8) is 0 Å². The van der Waals surface area contributed by atoms with Crippen molar-refractivity contribution in [2.24, 2.45) is 0 Å². The molecule has 0 amide bonds. The van der Waals surface area contributed by atoms with Gasteiger partial charge in [-0.3, -0.25) is 0 Å². The van der Waals surface area contributed by atoms with Crippen molar-refractivity contribution in [1.82, 2.24) is 0 Å². The molecule has 0 atom stereocenters. The van der Waals surface area contributed by atoms with E-state index in [0.29, 0.717) is 7.92 Å². The van der Waals surface area contributed by atoms with Crippen LogP contribution < -0.4 is 0 Å². The SMILES string of the molecule is C=C.CCP(CC)CC.[Cl][Pt][Cl]. The summed E-state index contributed by atoms with van der Waals surface area (Å²) in [5.74, 6) is 0. The van der Waals surface area contributed by atoms with Gasteiger partial charge in [0, 0.05) is 0 Å². The molecule has 0 N–H and O–H groups in total. The van der Waals surface area contributed by atoms with Crippen molar-refractivity contribution < 1.29 is 16.5 Å². The van der Waals surface area contributed by atoms with Crippen molar-refractivity contribution in [3.8, 4) is 0 Å². The summed E-state index contributed by atoms with van der Waals surface area (Å²) in [6.45, 7) is 12.9. The molecule has 0 bridgehead atoms. The van der Waals surface area contributed by atoms with Crippen molar-refractivity contribution in [3.05, 3.63) is 13.2 Å². The Hall–Kier alpha value is 1.44. The Bertz CT molecular complexity index is 55.5. The van der Waals surface area contributed by atoms with Crippen molar-refractivity contribution in [1.29, 1.82) is 0 Å². The fourth-order valence-corrected chi connectivity index (χ4v) is 2.01. The van der Waals surface area contributed by atoms with Crippen LogP contribution in [0.25, 0.3) is 0 Å². The average molecular weight is 412 g/mol. The van der Waals surface area contributed by atoms with E-state index in [-0.39, 0.29) is 0 Å². The summed E-state index contributed by atoms with van der Waals surface area (Å²) in [5, 5.41) is 0. The third-order valence-electron chi connectivity index (χ3n) is 1.34. The minimum atomic E-state index is -0.472. The fourth-order valence-electron chi connectivity index (χ4n) is 0.671. The number of halogens is 2. The van der Waals surface area contributed by atoms with Gasteiger partial charge < -0.3 is 0 Å². The van der Waals surface area contributed by atoms with E-state index < -0.39 is 16.5 Å². The zero-order valence-corrected chi connectivity index (χ0v) is 12.7. The zero-order valence-electron chi connectivity index (χ0n) is 8.05. The van der Waals surface area contributed by atoms with E-state index in [1.807, 2.05) is 0 Å². The van der Waals surface area contributed by atoms with E-state index >= 15 is 0 Å². The molecular formula is C8H19Cl2PPt. The Morgan fingerprint density at radius 3 is 1.17 bits per heavy atom. The van der Waals surface area contributed by atoms with Gasteiger partial charge in [0.2, 0.25) is 0 Å². The molecular weight excluding hydrogens is 393 g/mol. The number of rotatable bonds is 3. The van der Waals surface area contributed by atoms with E-state index in [1.165, 1.54) is 18.5 Å². The van der Waals surface area contributed by atoms with E-state index in [4.69, 9.17) is 18.8 Å². The molecule has 0 heterocycles. The van der Waals surface area contributed by atoms with Crippen LogP contribution in [0.2, 0.25) is 0 Å². The summed E-state index contributed by atoms with van der Waals surface area (Å²) in [7, 11) is 10.2. The Morgan fingerprint density at radius 1 is 1.00 bits per heavy atom. The average Bonchev–Trinajstić information content (AvgIpc) is 2.12. The molecule has 0 aliphatic rings. The Morgan fingerprint density at radius 2 is 1.17 bits per heavy atom. The molecule has 0 aromatic heterocycles. The molecule has 12 heavy (non-hydrogen) atoms. The normalized spacial score (nSPS) is 8.17. The third-order valence-corrected chi connectivity index (χ3v) is 4.02. The molecule has 0 aliphatic heterocycles. The second-order valence-electron chi connectivity index (χ2n) is 1.66. The van der Waals surface area contributed by atoms with Crippen LogP contribution in [0.1, 0.15) is 20.8 Å². The first-order chi connectivity index (χ1) is 5.76. The predicted molar refractivity (Wildman–Crippen MR) is 61.5 cm³/mol. The van der Waals surface area contributed by atoms with Gasteiger partial charge in [-0.1, -0.05) is 20.8 Å². The molecule has 0 aliphatic carbocycles. The van der Waals surface area contributed by atoms with Gasteiger partial charge in [-0.2, -0.15) is 0 Å². The van der Waals surface area contributed by atoms with Crippen LogP contribution in [-0.2, 0) is 16.5 Å². The molecule has 0 unspecified atom stereocenters. The van der Waals surface area contributed by atoms with Crippen molar-refractivity contribution in [2.75, 3.05) is 18.5 Å². The van der Waals surface area contributed by atoms with Crippen LogP contribution in [0.5, 0.6) is 0 Å². The van der Waals surface area contributed by atoms with Crippen molar-refractivity contribution in [2.45, 2.75) is 20.8 Å². The second kappa shape index (κ2) is 22.9. The summed E-state index contributed by atoms with van der Waals surface area (Å²) < 4.78 is 0. The van der Waals surface area contributed by atoms with Gasteiger partial charge in [-0.05, 0) is 18.5 Å². The second-order valence-corrected chi connectivity index (χ2v) is 8.19. The van der Waals surface area contributed by atoms with E-state index in [1.54, 1.807) is 0 Å². The molecule has 0 rings (SSSR count). The summed E-state index contributed by atoms with van der Waals surface area (Å²) in [5.41, 5.74) is 0. The molecule has 0 saturated heterocycles. The first-order valence-corrected chi connectivity index (χ1v) is 11.3. The summed E-state index contributed by atoms with van der Waals surface area (Å²) in [4.78, 5) is 0. The van der Waals surface area contributed by atoms with E-state index in [2.05, 4.69) is 33.9 Å². The van der Waals surface area contributed by atoms with E-state index in [9.17, 15) is 0 Å². The molecule has 0 radical (unpaired) electrons. The maximum absolute atomic E-state index is 4.88. The Labute approximate surface area is 95.2 Å². The predicted octanol–water partition coefficient (Wildman–Crippen LogP) is 4.71. The van der Waals surface area contributed by atoms with Crippen LogP contribution in [0, 0.1) is 0 Å². The number of hydrogen-bond donors (Lipinski definition) is 0. The van der Waals surface area contributed by atoms with Crippen LogP contribution in [0.15, 0.2) is 13.2 Å².